The fourth-order valence-electron chi connectivity index (χ4n) is 0.760. The molecule has 0 unspecified atom stereocenters. The SMILES string of the molecule is Clc1occc1-c1nnc(I)o1. The summed E-state index contributed by atoms with van der Waals surface area (Å²) < 4.78 is 10.5. The van der Waals surface area contributed by atoms with Gasteiger partial charge in [0.15, 0.2) is 0 Å². The Kier molecular flexibility index (Phi) is 2.05. The number of rotatable bonds is 1. The molecule has 2 rings (SSSR count). The Morgan fingerprint density at radius 1 is 1.42 bits per heavy atom. The minimum Gasteiger partial charge on any atom is -0.452 e. The second-order valence-corrected chi connectivity index (χ2v) is 3.23. The van der Waals surface area contributed by atoms with E-state index in [0.717, 1.165) is 0 Å². The number of halogens is 2. The molecule has 12 heavy (non-hydrogen) atoms. The number of hydrogen-bond donors (Lipinski definition) is 0. The number of nitrogens with zero attached hydrogens (tertiary/aromatic N) is 2. The summed E-state index contributed by atoms with van der Waals surface area (Å²) in [4.78, 5) is 0. The molecule has 0 atom stereocenters. The van der Waals surface area contributed by atoms with Crippen LogP contribution in [0.2, 0.25) is 5.22 Å². The van der Waals surface area contributed by atoms with Gasteiger partial charge in [0.1, 0.15) is 0 Å². The molecule has 2 heterocycles. The van der Waals surface area contributed by atoms with E-state index < -0.39 is 0 Å². The molecular formula is C6H2ClIN2O2. The van der Waals surface area contributed by atoms with Gasteiger partial charge in [0.05, 0.1) is 11.8 Å². The fraction of sp³-hybridized carbons (Fsp3) is 0. The van der Waals surface area contributed by atoms with E-state index in [4.69, 9.17) is 20.4 Å². The first kappa shape index (κ1) is 8.06. The molecule has 0 amide bonds. The molecule has 4 nitrogen and oxygen atoms in total. The Balaban J connectivity index is 2.50. The Labute approximate surface area is 86.1 Å². The molecule has 0 saturated heterocycles. The lowest BCUT2D eigenvalue weighted by molar-refractivity contribution is 0.533. The van der Waals surface area contributed by atoms with Gasteiger partial charge in [-0.2, -0.15) is 0 Å². The van der Waals surface area contributed by atoms with E-state index >= 15 is 0 Å². The Morgan fingerprint density at radius 3 is 2.75 bits per heavy atom. The molecule has 0 aromatic carbocycles. The molecule has 0 N–H and O–H groups in total. The maximum absolute atomic E-state index is 5.69. The molecule has 0 saturated carbocycles. The summed E-state index contributed by atoms with van der Waals surface area (Å²) in [7, 11) is 0. The highest BCUT2D eigenvalue weighted by atomic mass is 127. The van der Waals surface area contributed by atoms with E-state index in [1.54, 1.807) is 6.07 Å². The smallest absolute Gasteiger partial charge is 0.278 e. The van der Waals surface area contributed by atoms with Crippen molar-refractivity contribution in [2.75, 3.05) is 0 Å². The van der Waals surface area contributed by atoms with Gasteiger partial charge in [0, 0.05) is 22.6 Å². The summed E-state index contributed by atoms with van der Waals surface area (Å²) in [5, 5.41) is 7.69. The van der Waals surface area contributed by atoms with Crippen LogP contribution in [-0.4, -0.2) is 10.2 Å². The van der Waals surface area contributed by atoms with Crippen molar-refractivity contribution in [1.29, 1.82) is 0 Å². The minimum atomic E-state index is 0.259. The van der Waals surface area contributed by atoms with Crippen molar-refractivity contribution in [2.24, 2.45) is 0 Å². The number of furan rings is 1. The predicted octanol–water partition coefficient (Wildman–Crippen LogP) is 2.59. The van der Waals surface area contributed by atoms with Crippen LogP contribution in [0.25, 0.3) is 11.5 Å². The summed E-state index contributed by atoms with van der Waals surface area (Å²) in [6.45, 7) is 0. The maximum Gasteiger partial charge on any atom is 0.278 e. The average molecular weight is 296 g/mol. The zero-order chi connectivity index (χ0) is 8.55. The molecule has 0 aliphatic heterocycles. The van der Waals surface area contributed by atoms with E-state index in [2.05, 4.69) is 10.2 Å². The van der Waals surface area contributed by atoms with E-state index in [1.165, 1.54) is 6.26 Å². The van der Waals surface area contributed by atoms with Gasteiger partial charge in [-0.1, -0.05) is 0 Å². The first-order chi connectivity index (χ1) is 5.77. The standard InChI is InChI=1S/C6H2ClIN2O2/c7-4-3(1-2-11-4)5-9-10-6(8)12-5/h1-2H. The van der Waals surface area contributed by atoms with Crippen LogP contribution in [0.1, 0.15) is 0 Å². The first-order valence-electron chi connectivity index (χ1n) is 3.00. The molecule has 0 radical (unpaired) electrons. The quantitative estimate of drug-likeness (QED) is 0.759. The largest absolute Gasteiger partial charge is 0.452 e. The normalized spacial score (nSPS) is 10.5. The van der Waals surface area contributed by atoms with Gasteiger partial charge in [0.2, 0.25) is 5.22 Å². The van der Waals surface area contributed by atoms with Crippen LogP contribution in [0.15, 0.2) is 21.2 Å². The van der Waals surface area contributed by atoms with Crippen LogP contribution >= 0.6 is 34.2 Å². The summed E-state index contributed by atoms with van der Waals surface area (Å²) in [6, 6.07) is 1.67. The lowest BCUT2D eigenvalue weighted by atomic mass is 10.3. The summed E-state index contributed by atoms with van der Waals surface area (Å²) in [5.74, 6) is 0.373. The predicted molar refractivity (Wildman–Crippen MR) is 49.7 cm³/mol. The van der Waals surface area contributed by atoms with Gasteiger partial charge in [-0.25, -0.2) is 0 Å². The van der Waals surface area contributed by atoms with E-state index in [0.29, 0.717) is 15.4 Å². The highest BCUT2D eigenvalue weighted by Gasteiger charge is 2.12. The molecule has 0 aliphatic rings. The van der Waals surface area contributed by atoms with Crippen LogP contribution in [0, 0.1) is 3.90 Å². The van der Waals surface area contributed by atoms with Crippen molar-refractivity contribution in [3.63, 3.8) is 0 Å². The maximum atomic E-state index is 5.69. The molecule has 0 fully saturated rings. The monoisotopic (exact) mass is 296 g/mol. The van der Waals surface area contributed by atoms with Gasteiger partial charge < -0.3 is 8.83 Å². The van der Waals surface area contributed by atoms with Gasteiger partial charge in [0.25, 0.3) is 9.79 Å². The second kappa shape index (κ2) is 3.06. The van der Waals surface area contributed by atoms with Crippen molar-refractivity contribution in [3.05, 3.63) is 21.4 Å². The lowest BCUT2D eigenvalue weighted by Gasteiger charge is -1.85. The van der Waals surface area contributed by atoms with Gasteiger partial charge in [-0.15, -0.1) is 10.2 Å². The molecule has 2 aromatic heterocycles. The Bertz CT molecular complexity index is 398. The van der Waals surface area contributed by atoms with Crippen molar-refractivity contribution >= 4 is 34.2 Å². The van der Waals surface area contributed by atoms with Crippen LogP contribution < -0.4 is 0 Å². The van der Waals surface area contributed by atoms with Crippen LogP contribution in [0.3, 0.4) is 0 Å². The summed E-state index contributed by atoms with van der Waals surface area (Å²) >= 11 is 7.61. The van der Waals surface area contributed by atoms with Crippen molar-refractivity contribution < 1.29 is 8.83 Å². The molecule has 6 heteroatoms. The fourth-order valence-corrected chi connectivity index (χ4v) is 1.27. The topological polar surface area (TPSA) is 52.1 Å². The third kappa shape index (κ3) is 1.34. The van der Waals surface area contributed by atoms with Crippen molar-refractivity contribution in [3.8, 4) is 11.5 Å². The van der Waals surface area contributed by atoms with Crippen LogP contribution in [-0.2, 0) is 0 Å². The van der Waals surface area contributed by atoms with Gasteiger partial charge in [-0.3, -0.25) is 0 Å². The Hall–Kier alpha value is -0.560. The summed E-state index contributed by atoms with van der Waals surface area (Å²) in [6.07, 6.45) is 1.47. The average Bonchev–Trinajstić information content (AvgIpc) is 2.58. The molecule has 0 spiro atoms. The lowest BCUT2D eigenvalue weighted by Crippen LogP contribution is -1.73. The Morgan fingerprint density at radius 2 is 2.25 bits per heavy atom. The zero-order valence-electron chi connectivity index (χ0n) is 5.62. The third-order valence-electron chi connectivity index (χ3n) is 1.25. The summed E-state index contributed by atoms with van der Waals surface area (Å²) in [5.41, 5.74) is 0.618. The minimum absolute atomic E-state index is 0.259. The third-order valence-corrected chi connectivity index (χ3v) is 1.98. The van der Waals surface area contributed by atoms with Crippen LogP contribution in [0.5, 0.6) is 0 Å². The van der Waals surface area contributed by atoms with Crippen LogP contribution in [0.4, 0.5) is 0 Å². The second-order valence-electron chi connectivity index (χ2n) is 1.97. The zero-order valence-corrected chi connectivity index (χ0v) is 8.53. The highest BCUT2D eigenvalue weighted by molar-refractivity contribution is 14.1. The molecule has 0 aliphatic carbocycles. The van der Waals surface area contributed by atoms with E-state index in [9.17, 15) is 0 Å². The van der Waals surface area contributed by atoms with E-state index in [1.807, 2.05) is 22.6 Å². The number of aromatic nitrogens is 2. The molecule has 2 aromatic rings. The van der Waals surface area contributed by atoms with E-state index in [-0.39, 0.29) is 5.22 Å². The number of hydrogen-bond acceptors (Lipinski definition) is 4. The molecular weight excluding hydrogens is 294 g/mol. The van der Waals surface area contributed by atoms with Crippen molar-refractivity contribution in [2.45, 2.75) is 0 Å². The van der Waals surface area contributed by atoms with Gasteiger partial charge in [-0.05, 0) is 17.7 Å². The highest BCUT2D eigenvalue weighted by Crippen LogP contribution is 2.27. The molecule has 0 bridgehead atoms. The molecule has 62 valence electrons. The van der Waals surface area contributed by atoms with Gasteiger partial charge >= 0.3 is 0 Å². The first-order valence-corrected chi connectivity index (χ1v) is 4.45. The van der Waals surface area contributed by atoms with Crippen molar-refractivity contribution in [1.82, 2.24) is 10.2 Å².